The van der Waals surface area contributed by atoms with E-state index in [1.807, 2.05) is 42.5 Å². The number of benzene rings is 3. The minimum absolute atomic E-state index is 0.249. The van der Waals surface area contributed by atoms with Crippen molar-refractivity contribution in [3.63, 3.8) is 0 Å². The van der Waals surface area contributed by atoms with Crippen LogP contribution >= 0.6 is 11.3 Å². The number of nitrogens with zero attached hydrogens (tertiary/aromatic N) is 2. The number of carboxylic acids is 1. The largest absolute Gasteiger partial charge is 0.477 e. The molecule has 0 radical (unpaired) electrons. The second kappa shape index (κ2) is 13.9. The minimum atomic E-state index is -1.20. The van der Waals surface area contributed by atoms with E-state index >= 15 is 0 Å². The molecule has 4 rings (SSSR count). The molecule has 1 N–H and O–H groups in total. The molecular weight excluding hydrogens is 500 g/mol. The summed E-state index contributed by atoms with van der Waals surface area (Å²) in [6.45, 7) is 2.20. The molecule has 0 aliphatic heterocycles. The van der Waals surface area contributed by atoms with E-state index in [4.69, 9.17) is 0 Å². The SMILES string of the molecule is CCCCCCc1cc(C=C(C#N)C(=O)O)sc1C=Cc1ccc(N(c2ccccc2)c2ccccc2)cc1. The lowest BCUT2D eigenvalue weighted by molar-refractivity contribution is -0.132. The first-order valence-electron chi connectivity index (χ1n) is 13.2. The summed E-state index contributed by atoms with van der Waals surface area (Å²) in [5.41, 5.74) is 5.28. The highest BCUT2D eigenvalue weighted by Gasteiger charge is 2.12. The molecule has 1 aromatic heterocycles. The van der Waals surface area contributed by atoms with Crippen molar-refractivity contribution in [3.8, 4) is 6.07 Å². The molecule has 0 aliphatic carbocycles. The summed E-state index contributed by atoms with van der Waals surface area (Å²) < 4.78 is 0. The van der Waals surface area contributed by atoms with Gasteiger partial charge >= 0.3 is 5.97 Å². The number of thiophene rings is 1. The Balaban J connectivity index is 1.59. The van der Waals surface area contributed by atoms with Crippen LogP contribution < -0.4 is 4.90 Å². The molecule has 0 aliphatic rings. The highest BCUT2D eigenvalue weighted by molar-refractivity contribution is 7.14. The summed E-state index contributed by atoms with van der Waals surface area (Å²) in [5.74, 6) is -1.20. The summed E-state index contributed by atoms with van der Waals surface area (Å²) >= 11 is 1.52. The van der Waals surface area contributed by atoms with E-state index in [-0.39, 0.29) is 5.57 Å². The van der Waals surface area contributed by atoms with Gasteiger partial charge in [-0.2, -0.15) is 5.26 Å². The molecule has 0 bridgehead atoms. The van der Waals surface area contributed by atoms with Crippen molar-refractivity contribution in [1.29, 1.82) is 5.26 Å². The smallest absolute Gasteiger partial charge is 0.346 e. The average molecular weight is 533 g/mol. The molecule has 0 atom stereocenters. The van der Waals surface area contributed by atoms with Crippen molar-refractivity contribution in [3.05, 3.63) is 117 Å². The second-order valence-corrected chi connectivity index (χ2v) is 10.4. The third-order valence-electron chi connectivity index (χ3n) is 6.41. The van der Waals surface area contributed by atoms with Crippen LogP contribution in [0.25, 0.3) is 18.2 Å². The topological polar surface area (TPSA) is 64.3 Å². The quantitative estimate of drug-likeness (QED) is 0.112. The van der Waals surface area contributed by atoms with Gasteiger partial charge in [0, 0.05) is 26.8 Å². The molecule has 0 unspecified atom stereocenters. The standard InChI is InChI=1S/C34H32N2O2S/c1-2-3-4-7-12-27-23-32(24-28(25-35)34(37)38)39-33(27)22-19-26-17-20-31(21-18-26)36(29-13-8-5-9-14-29)30-15-10-6-11-16-30/h5-6,8-11,13-24H,2-4,7,12H2,1H3,(H,37,38). The molecule has 39 heavy (non-hydrogen) atoms. The number of aliphatic carboxylic acids is 1. The number of hydrogen-bond acceptors (Lipinski definition) is 4. The first-order valence-corrected chi connectivity index (χ1v) is 14.1. The lowest BCUT2D eigenvalue weighted by Gasteiger charge is -2.25. The summed E-state index contributed by atoms with van der Waals surface area (Å²) in [5, 5.41) is 18.4. The fourth-order valence-corrected chi connectivity index (χ4v) is 5.47. The van der Waals surface area contributed by atoms with E-state index in [9.17, 15) is 15.2 Å². The van der Waals surface area contributed by atoms with Crippen molar-refractivity contribution in [2.24, 2.45) is 0 Å². The van der Waals surface area contributed by atoms with Crippen molar-refractivity contribution >= 4 is 52.6 Å². The van der Waals surface area contributed by atoms with Crippen LogP contribution in [0.5, 0.6) is 0 Å². The maximum Gasteiger partial charge on any atom is 0.346 e. The molecular formula is C34H32N2O2S. The molecule has 0 spiro atoms. The molecule has 5 heteroatoms. The van der Waals surface area contributed by atoms with Gasteiger partial charge < -0.3 is 10.0 Å². The zero-order valence-corrected chi connectivity index (χ0v) is 22.9. The maximum atomic E-state index is 11.3. The Bertz CT molecular complexity index is 1420. The van der Waals surface area contributed by atoms with Crippen LogP contribution in [0, 0.1) is 11.3 Å². The number of carbonyl (C=O) groups is 1. The number of anilines is 3. The Morgan fingerprint density at radius 2 is 1.49 bits per heavy atom. The second-order valence-electron chi connectivity index (χ2n) is 9.26. The van der Waals surface area contributed by atoms with Crippen molar-refractivity contribution in [1.82, 2.24) is 0 Å². The molecule has 4 aromatic rings. The first-order chi connectivity index (χ1) is 19.1. The molecule has 4 nitrogen and oxygen atoms in total. The van der Waals surface area contributed by atoms with Crippen LogP contribution in [-0.4, -0.2) is 11.1 Å². The number of unbranched alkanes of at least 4 members (excludes halogenated alkanes) is 3. The Hall–Kier alpha value is -4.40. The zero-order chi connectivity index (χ0) is 27.5. The number of para-hydroxylation sites is 2. The van der Waals surface area contributed by atoms with E-state index in [1.165, 1.54) is 42.2 Å². The normalized spacial score (nSPS) is 11.4. The average Bonchev–Trinajstić information content (AvgIpc) is 3.36. The lowest BCUT2D eigenvalue weighted by Crippen LogP contribution is -2.09. The van der Waals surface area contributed by atoms with Crippen molar-refractivity contribution < 1.29 is 9.90 Å². The van der Waals surface area contributed by atoms with Crippen LogP contribution in [0.15, 0.2) is 96.6 Å². The predicted octanol–water partition coefficient (Wildman–Crippen LogP) is 9.50. The van der Waals surface area contributed by atoms with Gasteiger partial charge in [-0.25, -0.2) is 4.79 Å². The molecule has 3 aromatic carbocycles. The minimum Gasteiger partial charge on any atom is -0.477 e. The molecule has 196 valence electrons. The van der Waals surface area contributed by atoms with Gasteiger partial charge in [-0.3, -0.25) is 0 Å². The van der Waals surface area contributed by atoms with Gasteiger partial charge in [-0.1, -0.05) is 80.8 Å². The van der Waals surface area contributed by atoms with Gasteiger partial charge in [0.25, 0.3) is 0 Å². The van der Waals surface area contributed by atoms with E-state index in [1.54, 1.807) is 6.07 Å². The number of aryl methyl sites for hydroxylation is 1. The van der Waals surface area contributed by atoms with Gasteiger partial charge in [0.1, 0.15) is 11.6 Å². The predicted molar refractivity (Wildman–Crippen MR) is 163 cm³/mol. The molecule has 0 saturated carbocycles. The third kappa shape index (κ3) is 7.56. The van der Waals surface area contributed by atoms with Gasteiger partial charge in [-0.15, -0.1) is 11.3 Å². The molecule has 0 amide bonds. The maximum absolute atomic E-state index is 11.3. The number of carboxylic acid groups (broad SMARTS) is 1. The van der Waals surface area contributed by atoms with Crippen molar-refractivity contribution in [2.75, 3.05) is 4.90 Å². The summed E-state index contributed by atoms with van der Waals surface area (Å²) in [6.07, 6.45) is 11.2. The van der Waals surface area contributed by atoms with E-state index in [2.05, 4.69) is 72.5 Å². The Morgan fingerprint density at radius 3 is 2.05 bits per heavy atom. The summed E-state index contributed by atoms with van der Waals surface area (Å²) in [4.78, 5) is 15.5. The Labute approximate surface area is 234 Å². The van der Waals surface area contributed by atoms with Crippen LogP contribution in [0.2, 0.25) is 0 Å². The fraction of sp³-hybridized carbons (Fsp3) is 0.176. The number of hydrogen-bond donors (Lipinski definition) is 1. The third-order valence-corrected chi connectivity index (χ3v) is 7.49. The van der Waals surface area contributed by atoms with Crippen LogP contribution in [0.1, 0.15) is 53.5 Å². The van der Waals surface area contributed by atoms with Crippen LogP contribution in [0.4, 0.5) is 17.1 Å². The van der Waals surface area contributed by atoms with E-state index < -0.39 is 5.97 Å². The zero-order valence-electron chi connectivity index (χ0n) is 22.1. The summed E-state index contributed by atoms with van der Waals surface area (Å²) in [7, 11) is 0. The first kappa shape index (κ1) is 27.6. The Morgan fingerprint density at radius 1 is 0.872 bits per heavy atom. The van der Waals surface area contributed by atoms with Crippen LogP contribution in [0.3, 0.4) is 0 Å². The van der Waals surface area contributed by atoms with Gasteiger partial charge in [0.15, 0.2) is 0 Å². The lowest BCUT2D eigenvalue weighted by atomic mass is 10.1. The summed E-state index contributed by atoms with van der Waals surface area (Å²) in [6, 6.07) is 32.9. The number of rotatable bonds is 12. The van der Waals surface area contributed by atoms with E-state index in [0.29, 0.717) is 0 Å². The van der Waals surface area contributed by atoms with Gasteiger partial charge in [0.2, 0.25) is 0 Å². The molecule has 0 fully saturated rings. The number of nitriles is 1. The van der Waals surface area contributed by atoms with E-state index in [0.717, 1.165) is 45.2 Å². The highest BCUT2D eigenvalue weighted by Crippen LogP contribution is 2.34. The van der Waals surface area contributed by atoms with Crippen LogP contribution in [-0.2, 0) is 11.2 Å². The molecule has 0 saturated heterocycles. The monoisotopic (exact) mass is 532 g/mol. The van der Waals surface area contributed by atoms with Crippen molar-refractivity contribution in [2.45, 2.75) is 39.0 Å². The highest BCUT2D eigenvalue weighted by atomic mass is 32.1. The fourth-order valence-electron chi connectivity index (χ4n) is 4.41. The Kier molecular flexibility index (Phi) is 9.88. The van der Waals surface area contributed by atoms with Gasteiger partial charge in [0.05, 0.1) is 0 Å². The van der Waals surface area contributed by atoms with Gasteiger partial charge in [-0.05, 0) is 78.6 Å². The molecule has 1 heterocycles.